The summed E-state index contributed by atoms with van der Waals surface area (Å²) in [6.45, 7) is 2.84. The molecule has 7 heteroatoms. The second-order valence-corrected chi connectivity index (χ2v) is 3.88. The van der Waals surface area contributed by atoms with E-state index in [-0.39, 0.29) is 5.57 Å². The van der Waals surface area contributed by atoms with Gasteiger partial charge in [0.1, 0.15) is 0 Å². The zero-order valence-corrected chi connectivity index (χ0v) is 9.28. The Morgan fingerprint density at radius 2 is 2.12 bits per heavy atom. The fourth-order valence-electron chi connectivity index (χ4n) is 1.98. The Bertz CT molecular complexity index is 488. The van der Waals surface area contributed by atoms with E-state index in [2.05, 4.69) is 10.0 Å². The predicted octanol–water partition coefficient (Wildman–Crippen LogP) is 1.73. The van der Waals surface area contributed by atoms with Crippen molar-refractivity contribution in [3.8, 4) is 0 Å². The molecule has 0 heterocycles. The van der Waals surface area contributed by atoms with E-state index < -0.39 is 23.4 Å². The number of allylic oxidation sites excluding steroid dienone is 2. The molecule has 2 atom stereocenters. The first-order valence-electron chi connectivity index (χ1n) is 4.76. The Morgan fingerprint density at radius 1 is 1.53 bits per heavy atom. The molecule has 2 unspecified atom stereocenters. The monoisotopic (exact) mass is 237 g/mol. The molecule has 7 nitrogen and oxygen atoms in total. The number of hydrogen-bond acceptors (Lipinski definition) is 3. The second-order valence-electron chi connectivity index (χ2n) is 3.88. The lowest BCUT2D eigenvalue weighted by molar-refractivity contribution is -0.142. The van der Waals surface area contributed by atoms with Crippen molar-refractivity contribution < 1.29 is 19.8 Å². The van der Waals surface area contributed by atoms with Crippen LogP contribution in [0, 0.1) is 5.92 Å². The highest BCUT2D eigenvalue weighted by Crippen LogP contribution is 2.37. The highest BCUT2D eigenvalue weighted by molar-refractivity contribution is 5.94. The average molecular weight is 237 g/mol. The highest BCUT2D eigenvalue weighted by Gasteiger charge is 2.45. The summed E-state index contributed by atoms with van der Waals surface area (Å²) in [5, 5.41) is 21.5. The van der Waals surface area contributed by atoms with Crippen LogP contribution in [0.5, 0.6) is 0 Å². The third-order valence-corrected chi connectivity index (χ3v) is 2.78. The molecule has 1 aliphatic rings. The maximum absolute atomic E-state index is 11.2. The van der Waals surface area contributed by atoms with Crippen LogP contribution in [0.15, 0.2) is 28.4 Å². The van der Waals surface area contributed by atoms with Crippen LogP contribution in [-0.2, 0) is 9.59 Å². The third-order valence-electron chi connectivity index (χ3n) is 2.78. The number of carboxylic acids is 2. The number of rotatable bonds is 3. The van der Waals surface area contributed by atoms with Crippen molar-refractivity contribution in [2.45, 2.75) is 19.4 Å². The molecule has 0 spiro atoms. The van der Waals surface area contributed by atoms with Crippen molar-refractivity contribution in [2.24, 2.45) is 11.0 Å². The van der Waals surface area contributed by atoms with Gasteiger partial charge in [-0.15, -0.1) is 0 Å². The van der Waals surface area contributed by atoms with Crippen LogP contribution in [0.2, 0.25) is 0 Å². The molecule has 0 saturated heterocycles. The van der Waals surface area contributed by atoms with Crippen LogP contribution < -0.4 is 0 Å². The normalized spacial score (nSPS) is 27.5. The van der Waals surface area contributed by atoms with Gasteiger partial charge in [0.05, 0.1) is 17.0 Å². The predicted molar refractivity (Wildman–Crippen MR) is 58.2 cm³/mol. The van der Waals surface area contributed by atoms with E-state index in [4.69, 9.17) is 15.7 Å². The summed E-state index contributed by atoms with van der Waals surface area (Å²) < 4.78 is 0. The quantitative estimate of drug-likeness (QED) is 0.440. The van der Waals surface area contributed by atoms with E-state index in [1.165, 1.54) is 26.0 Å². The van der Waals surface area contributed by atoms with Gasteiger partial charge in [0.15, 0.2) is 0 Å². The van der Waals surface area contributed by atoms with Crippen LogP contribution in [0.4, 0.5) is 0 Å². The van der Waals surface area contributed by atoms with Crippen molar-refractivity contribution in [1.29, 1.82) is 0 Å². The zero-order valence-electron chi connectivity index (χ0n) is 9.28. The molecule has 0 amide bonds. The van der Waals surface area contributed by atoms with Gasteiger partial charge < -0.3 is 10.2 Å². The highest BCUT2D eigenvalue weighted by atomic mass is 16.4. The van der Waals surface area contributed by atoms with Crippen molar-refractivity contribution in [1.82, 2.24) is 0 Å². The summed E-state index contributed by atoms with van der Waals surface area (Å²) in [4.78, 5) is 24.8. The lowest BCUT2D eigenvalue weighted by Crippen LogP contribution is -2.43. The van der Waals surface area contributed by atoms with Gasteiger partial charge in [-0.2, -0.15) is 0 Å². The Balaban J connectivity index is 3.50. The summed E-state index contributed by atoms with van der Waals surface area (Å²) in [6.07, 6.45) is 2.75. The molecule has 90 valence electrons. The standard InChI is InChI=1S/C10H11N3O4/c1-5-3-4-6(8(14)15)10(2,12-13-11)7(5)9(16)17/h3-4,6H,1-2H3,(H,14,15)(H,16,17). The molecule has 0 saturated carbocycles. The van der Waals surface area contributed by atoms with Crippen molar-refractivity contribution >= 4 is 11.9 Å². The SMILES string of the molecule is CC1=C(C(=O)O)C(C)(N=[N+]=[N-])C(C(=O)O)C=C1. The second kappa shape index (κ2) is 4.31. The van der Waals surface area contributed by atoms with E-state index in [0.29, 0.717) is 5.57 Å². The first kappa shape index (κ1) is 12.8. The van der Waals surface area contributed by atoms with Gasteiger partial charge in [-0.05, 0) is 25.0 Å². The molecule has 0 aromatic carbocycles. The van der Waals surface area contributed by atoms with Crippen LogP contribution in [0.3, 0.4) is 0 Å². The molecule has 17 heavy (non-hydrogen) atoms. The number of carboxylic acid groups (broad SMARTS) is 2. The van der Waals surface area contributed by atoms with E-state index in [9.17, 15) is 9.59 Å². The Kier molecular flexibility index (Phi) is 3.24. The zero-order chi connectivity index (χ0) is 13.2. The Hall–Kier alpha value is -2.27. The van der Waals surface area contributed by atoms with Gasteiger partial charge in [0, 0.05) is 4.91 Å². The van der Waals surface area contributed by atoms with Gasteiger partial charge in [-0.1, -0.05) is 17.3 Å². The van der Waals surface area contributed by atoms with E-state index >= 15 is 0 Å². The first-order valence-corrected chi connectivity index (χ1v) is 4.76. The maximum Gasteiger partial charge on any atom is 0.332 e. The minimum absolute atomic E-state index is 0.190. The van der Waals surface area contributed by atoms with E-state index in [0.717, 1.165) is 0 Å². The van der Waals surface area contributed by atoms with Gasteiger partial charge in [-0.3, -0.25) is 4.79 Å². The number of carbonyl (C=O) groups is 2. The van der Waals surface area contributed by atoms with Gasteiger partial charge in [-0.25, -0.2) is 4.79 Å². The number of azide groups is 1. The molecular weight excluding hydrogens is 226 g/mol. The molecule has 0 aromatic rings. The molecule has 2 N–H and O–H groups in total. The Labute approximate surface area is 96.7 Å². The minimum atomic E-state index is -1.62. The fraction of sp³-hybridized carbons (Fsp3) is 0.400. The minimum Gasteiger partial charge on any atom is -0.481 e. The summed E-state index contributed by atoms with van der Waals surface area (Å²) in [6, 6.07) is 0. The largest absolute Gasteiger partial charge is 0.481 e. The third kappa shape index (κ3) is 2.00. The van der Waals surface area contributed by atoms with Crippen LogP contribution in [0.25, 0.3) is 10.4 Å². The van der Waals surface area contributed by atoms with Gasteiger partial charge in [0.25, 0.3) is 0 Å². The number of aliphatic carboxylic acids is 2. The van der Waals surface area contributed by atoms with Crippen molar-refractivity contribution in [3.05, 3.63) is 33.7 Å². The Morgan fingerprint density at radius 3 is 2.53 bits per heavy atom. The first-order chi connectivity index (χ1) is 7.84. The molecule has 0 aliphatic heterocycles. The van der Waals surface area contributed by atoms with Crippen LogP contribution in [0.1, 0.15) is 13.8 Å². The van der Waals surface area contributed by atoms with Crippen molar-refractivity contribution in [3.63, 3.8) is 0 Å². The van der Waals surface area contributed by atoms with E-state index in [1.54, 1.807) is 0 Å². The maximum atomic E-state index is 11.2. The number of hydrogen-bond donors (Lipinski definition) is 2. The molecule has 1 rings (SSSR count). The molecule has 0 radical (unpaired) electrons. The summed E-state index contributed by atoms with van der Waals surface area (Å²) >= 11 is 0. The van der Waals surface area contributed by atoms with Crippen LogP contribution >= 0.6 is 0 Å². The topological polar surface area (TPSA) is 123 Å². The number of nitrogens with zero attached hydrogens (tertiary/aromatic N) is 3. The average Bonchev–Trinajstić information content (AvgIpc) is 2.15. The molecular formula is C10H11N3O4. The summed E-state index contributed by atoms with van der Waals surface area (Å²) in [5.74, 6) is -3.70. The lowest BCUT2D eigenvalue weighted by atomic mass is 9.74. The summed E-state index contributed by atoms with van der Waals surface area (Å²) in [5.41, 5.74) is 7.06. The van der Waals surface area contributed by atoms with Gasteiger partial charge in [0.2, 0.25) is 0 Å². The smallest absolute Gasteiger partial charge is 0.332 e. The molecule has 0 bridgehead atoms. The summed E-state index contributed by atoms with van der Waals surface area (Å²) in [7, 11) is 0. The van der Waals surface area contributed by atoms with E-state index in [1.807, 2.05) is 0 Å². The molecule has 1 aliphatic carbocycles. The van der Waals surface area contributed by atoms with Gasteiger partial charge >= 0.3 is 11.9 Å². The van der Waals surface area contributed by atoms with Crippen molar-refractivity contribution in [2.75, 3.05) is 0 Å². The molecule has 0 aromatic heterocycles. The van der Waals surface area contributed by atoms with Crippen LogP contribution in [-0.4, -0.2) is 27.7 Å². The molecule has 0 fully saturated rings. The lowest BCUT2D eigenvalue weighted by Gasteiger charge is -2.33. The fourth-order valence-corrected chi connectivity index (χ4v) is 1.98.